The molecule has 0 atom stereocenters. The van der Waals surface area contributed by atoms with Gasteiger partial charge < -0.3 is 14.7 Å². The number of halogens is 1. The van der Waals surface area contributed by atoms with E-state index in [0.29, 0.717) is 18.6 Å². The highest BCUT2D eigenvalue weighted by atomic mass is 32.1. The van der Waals surface area contributed by atoms with Crippen LogP contribution in [0.5, 0.6) is 0 Å². The molecule has 5 nitrogen and oxygen atoms in total. The van der Waals surface area contributed by atoms with Gasteiger partial charge in [0.2, 0.25) is 5.91 Å². The van der Waals surface area contributed by atoms with Crippen LogP contribution in [0.1, 0.15) is 11.1 Å². The second kappa shape index (κ2) is 7.54. The normalized spacial score (nSPS) is 17.5. The van der Waals surface area contributed by atoms with Gasteiger partial charge in [0.25, 0.3) is 0 Å². The number of carbonyl (C=O) groups excluding carboxylic acids is 1. The lowest BCUT2D eigenvalue weighted by atomic mass is 9.98. The molecule has 2 aliphatic rings. The average molecular weight is 425 g/mol. The van der Waals surface area contributed by atoms with Crippen LogP contribution in [0.2, 0.25) is 0 Å². The maximum Gasteiger partial charge on any atom is 0.229 e. The number of hydrogen-bond acceptors (Lipinski definition) is 5. The van der Waals surface area contributed by atoms with Crippen LogP contribution in [-0.2, 0) is 4.79 Å². The zero-order valence-electron chi connectivity index (χ0n) is 17.3. The molecule has 3 heterocycles. The van der Waals surface area contributed by atoms with Crippen molar-refractivity contribution in [1.29, 1.82) is 0 Å². The van der Waals surface area contributed by atoms with Crippen molar-refractivity contribution in [3.05, 3.63) is 53.3 Å². The van der Waals surface area contributed by atoms with E-state index in [1.165, 1.54) is 34.2 Å². The third-order valence-electron chi connectivity index (χ3n) is 6.16. The van der Waals surface area contributed by atoms with E-state index in [0.717, 1.165) is 36.0 Å². The predicted octanol–water partition coefficient (Wildman–Crippen LogP) is 3.84. The number of rotatable bonds is 3. The SMILES string of the molecule is Cc1ccc(C)c(N2CCN(C(=O)C3CN(c4nc5c(F)cccc5s4)C3)CC2)c1. The van der Waals surface area contributed by atoms with E-state index in [1.807, 2.05) is 11.0 Å². The molecule has 156 valence electrons. The van der Waals surface area contributed by atoms with Gasteiger partial charge in [0.1, 0.15) is 11.3 Å². The van der Waals surface area contributed by atoms with Gasteiger partial charge in [-0.05, 0) is 43.2 Å². The maximum absolute atomic E-state index is 13.9. The van der Waals surface area contributed by atoms with E-state index in [9.17, 15) is 9.18 Å². The Morgan fingerprint density at radius 2 is 1.83 bits per heavy atom. The average Bonchev–Trinajstić information content (AvgIpc) is 3.14. The monoisotopic (exact) mass is 424 g/mol. The topological polar surface area (TPSA) is 39.7 Å². The van der Waals surface area contributed by atoms with Crippen LogP contribution in [0.4, 0.5) is 15.2 Å². The Labute approximate surface area is 179 Å². The van der Waals surface area contributed by atoms with Gasteiger partial charge in [-0.2, -0.15) is 0 Å². The summed E-state index contributed by atoms with van der Waals surface area (Å²) in [6.07, 6.45) is 0. The molecule has 1 aromatic heterocycles. The standard InChI is InChI=1S/C23H25FN4OS/c1-15-6-7-16(2)19(12-15)26-8-10-27(11-9-26)22(29)17-13-28(14-17)23-25-21-18(24)4-3-5-20(21)30-23/h3-7,12,17H,8-11,13-14H2,1-2H3. The first kappa shape index (κ1) is 19.3. The van der Waals surface area contributed by atoms with Gasteiger partial charge in [-0.15, -0.1) is 0 Å². The van der Waals surface area contributed by atoms with Crippen LogP contribution in [-0.4, -0.2) is 55.1 Å². The number of para-hydroxylation sites is 1. The molecule has 5 rings (SSSR count). The first-order valence-electron chi connectivity index (χ1n) is 10.4. The van der Waals surface area contributed by atoms with Crippen LogP contribution in [0, 0.1) is 25.6 Å². The molecule has 3 aromatic rings. The Bertz CT molecular complexity index is 1100. The Kier molecular flexibility index (Phi) is 4.85. The van der Waals surface area contributed by atoms with Crippen LogP contribution in [0.3, 0.4) is 0 Å². The number of aromatic nitrogens is 1. The number of nitrogens with zero attached hydrogens (tertiary/aromatic N) is 4. The smallest absolute Gasteiger partial charge is 0.229 e. The number of carbonyl (C=O) groups is 1. The van der Waals surface area contributed by atoms with Crippen LogP contribution in [0.25, 0.3) is 10.2 Å². The molecule has 30 heavy (non-hydrogen) atoms. The summed E-state index contributed by atoms with van der Waals surface area (Å²) in [5, 5.41) is 0.805. The maximum atomic E-state index is 13.9. The molecular weight excluding hydrogens is 399 g/mol. The number of amides is 1. The third-order valence-corrected chi connectivity index (χ3v) is 7.24. The number of thiazole rings is 1. The number of fused-ring (bicyclic) bond motifs is 1. The van der Waals surface area contributed by atoms with E-state index in [1.54, 1.807) is 6.07 Å². The Balaban J connectivity index is 1.18. The van der Waals surface area contributed by atoms with Crippen LogP contribution in [0.15, 0.2) is 36.4 Å². The fourth-order valence-corrected chi connectivity index (χ4v) is 5.31. The highest BCUT2D eigenvalue weighted by Gasteiger charge is 2.37. The molecule has 0 spiro atoms. The lowest BCUT2D eigenvalue weighted by molar-refractivity contribution is -0.136. The van der Waals surface area contributed by atoms with Crippen molar-refractivity contribution in [3.63, 3.8) is 0 Å². The quantitative estimate of drug-likeness (QED) is 0.641. The zero-order valence-corrected chi connectivity index (χ0v) is 18.1. The van der Waals surface area contributed by atoms with Gasteiger partial charge >= 0.3 is 0 Å². The minimum absolute atomic E-state index is 0.00844. The van der Waals surface area contributed by atoms with Crippen LogP contribution < -0.4 is 9.80 Å². The molecule has 2 fully saturated rings. The lowest BCUT2D eigenvalue weighted by Crippen LogP contribution is -2.58. The van der Waals surface area contributed by atoms with E-state index in [2.05, 4.69) is 46.8 Å². The summed E-state index contributed by atoms with van der Waals surface area (Å²) in [5.74, 6) is -0.0434. The molecule has 7 heteroatoms. The second-order valence-electron chi connectivity index (χ2n) is 8.29. The number of hydrogen-bond donors (Lipinski definition) is 0. The number of piperazine rings is 1. The summed E-state index contributed by atoms with van der Waals surface area (Å²) in [5.41, 5.74) is 4.25. The summed E-state index contributed by atoms with van der Waals surface area (Å²) >= 11 is 1.49. The molecular formula is C23H25FN4OS. The Morgan fingerprint density at radius 3 is 2.57 bits per heavy atom. The molecule has 1 amide bonds. The summed E-state index contributed by atoms with van der Waals surface area (Å²) in [7, 11) is 0. The van der Waals surface area contributed by atoms with Gasteiger partial charge in [-0.25, -0.2) is 9.37 Å². The van der Waals surface area contributed by atoms with Crippen molar-refractivity contribution in [2.24, 2.45) is 5.92 Å². The van der Waals surface area contributed by atoms with Gasteiger partial charge in [-0.3, -0.25) is 4.79 Å². The molecule has 0 unspecified atom stereocenters. The second-order valence-corrected chi connectivity index (χ2v) is 9.30. The van der Waals surface area contributed by atoms with E-state index >= 15 is 0 Å². The van der Waals surface area contributed by atoms with Crippen molar-refractivity contribution in [2.45, 2.75) is 13.8 Å². The molecule has 0 saturated carbocycles. The Morgan fingerprint density at radius 1 is 1.07 bits per heavy atom. The number of benzene rings is 2. The molecule has 0 aliphatic carbocycles. The van der Waals surface area contributed by atoms with Gasteiger partial charge in [0.15, 0.2) is 5.13 Å². The van der Waals surface area contributed by atoms with Crippen LogP contribution >= 0.6 is 11.3 Å². The van der Waals surface area contributed by atoms with Crippen molar-refractivity contribution in [2.75, 3.05) is 49.1 Å². The van der Waals surface area contributed by atoms with E-state index in [4.69, 9.17) is 0 Å². The third kappa shape index (κ3) is 3.41. The van der Waals surface area contributed by atoms with Crippen molar-refractivity contribution >= 4 is 38.3 Å². The highest BCUT2D eigenvalue weighted by Crippen LogP contribution is 2.34. The van der Waals surface area contributed by atoms with Gasteiger partial charge in [0, 0.05) is 45.0 Å². The van der Waals surface area contributed by atoms with Gasteiger partial charge in [0.05, 0.1) is 10.6 Å². The first-order chi connectivity index (χ1) is 14.5. The van der Waals surface area contributed by atoms with Gasteiger partial charge in [-0.1, -0.05) is 29.5 Å². The van der Waals surface area contributed by atoms with E-state index in [-0.39, 0.29) is 17.6 Å². The fraction of sp³-hybridized carbons (Fsp3) is 0.391. The molecule has 2 saturated heterocycles. The predicted molar refractivity (Wildman–Crippen MR) is 120 cm³/mol. The molecule has 0 radical (unpaired) electrons. The number of anilines is 2. The highest BCUT2D eigenvalue weighted by molar-refractivity contribution is 7.22. The summed E-state index contributed by atoms with van der Waals surface area (Å²) < 4.78 is 14.7. The summed E-state index contributed by atoms with van der Waals surface area (Å²) in [6.45, 7) is 8.83. The molecule has 0 bridgehead atoms. The van der Waals surface area contributed by atoms with Crippen molar-refractivity contribution in [1.82, 2.24) is 9.88 Å². The molecule has 0 N–H and O–H groups in total. The van der Waals surface area contributed by atoms with Crippen molar-refractivity contribution < 1.29 is 9.18 Å². The van der Waals surface area contributed by atoms with Crippen molar-refractivity contribution in [3.8, 4) is 0 Å². The number of aryl methyl sites for hydroxylation is 2. The molecule has 2 aliphatic heterocycles. The minimum atomic E-state index is -0.287. The summed E-state index contributed by atoms with van der Waals surface area (Å²) in [4.78, 5) is 23.9. The minimum Gasteiger partial charge on any atom is -0.368 e. The lowest BCUT2D eigenvalue weighted by Gasteiger charge is -2.43. The fourth-order valence-electron chi connectivity index (χ4n) is 4.32. The Hall–Kier alpha value is -2.67. The zero-order chi connectivity index (χ0) is 20.8. The largest absolute Gasteiger partial charge is 0.368 e. The molecule has 2 aromatic carbocycles. The summed E-state index contributed by atoms with van der Waals surface area (Å²) in [6, 6.07) is 11.6. The van der Waals surface area contributed by atoms with E-state index < -0.39 is 0 Å². The first-order valence-corrected chi connectivity index (χ1v) is 11.2.